The zero-order valence-corrected chi connectivity index (χ0v) is 18.6. The smallest absolute Gasteiger partial charge is 0.191 e. The lowest BCUT2D eigenvalue weighted by atomic mass is 9.93. The van der Waals surface area contributed by atoms with Crippen LogP contribution in [0.1, 0.15) is 51.0 Å². The molecule has 25 heavy (non-hydrogen) atoms. The summed E-state index contributed by atoms with van der Waals surface area (Å²) >= 11 is 12.6. The molecule has 1 aromatic carbocycles. The predicted molar refractivity (Wildman–Crippen MR) is 118 cm³/mol. The summed E-state index contributed by atoms with van der Waals surface area (Å²) in [4.78, 5) is 4.70. The molecule has 0 spiro atoms. The summed E-state index contributed by atoms with van der Waals surface area (Å²) in [6.07, 6.45) is 3.49. The van der Waals surface area contributed by atoms with E-state index in [2.05, 4.69) is 24.5 Å². The molecular weight excluding hydrogens is 472 g/mol. The summed E-state index contributed by atoms with van der Waals surface area (Å²) in [6, 6.07) is 5.94. The van der Waals surface area contributed by atoms with Gasteiger partial charge < -0.3 is 15.7 Å². The van der Waals surface area contributed by atoms with Crippen LogP contribution in [0, 0.1) is 0 Å². The van der Waals surface area contributed by atoms with Crippen LogP contribution in [-0.2, 0) is 0 Å². The molecule has 1 atom stereocenters. The summed E-state index contributed by atoms with van der Waals surface area (Å²) < 4.78 is 0. The Morgan fingerprint density at radius 1 is 1.24 bits per heavy atom. The molecule has 1 aromatic rings. The second-order valence-electron chi connectivity index (χ2n) is 6.41. The van der Waals surface area contributed by atoms with Gasteiger partial charge in [-0.3, -0.25) is 4.99 Å². The van der Waals surface area contributed by atoms with Crippen LogP contribution < -0.4 is 10.6 Å². The third-order valence-corrected chi connectivity index (χ3v) is 5.06. The van der Waals surface area contributed by atoms with E-state index in [9.17, 15) is 5.11 Å². The first kappa shape index (κ1) is 22.8. The first-order valence-electron chi connectivity index (χ1n) is 8.68. The van der Waals surface area contributed by atoms with Crippen LogP contribution in [0.25, 0.3) is 0 Å². The van der Waals surface area contributed by atoms with E-state index in [0.29, 0.717) is 22.6 Å². The van der Waals surface area contributed by atoms with Crippen molar-refractivity contribution >= 4 is 53.1 Å². The van der Waals surface area contributed by atoms with Crippen molar-refractivity contribution in [2.45, 2.75) is 57.6 Å². The molecule has 1 unspecified atom stereocenters. The molecule has 1 aliphatic carbocycles. The lowest BCUT2D eigenvalue weighted by Crippen LogP contribution is -2.45. The molecule has 0 bridgehead atoms. The average Bonchev–Trinajstić information content (AvgIpc) is 2.55. The highest BCUT2D eigenvalue weighted by Gasteiger charge is 2.20. The summed E-state index contributed by atoms with van der Waals surface area (Å²) in [7, 11) is 0. The number of halogens is 3. The summed E-state index contributed by atoms with van der Waals surface area (Å²) in [6.45, 7) is 5.55. The van der Waals surface area contributed by atoms with E-state index in [-0.39, 0.29) is 36.0 Å². The Bertz CT molecular complexity index is 543. The fourth-order valence-corrected chi connectivity index (χ4v) is 3.80. The topological polar surface area (TPSA) is 56.7 Å². The SMILES string of the molecule is CCNC(=NCC(C)c1c(Cl)cccc1Cl)NC1CCC(O)CC1.I. The van der Waals surface area contributed by atoms with Gasteiger partial charge in [0.15, 0.2) is 5.96 Å². The molecule has 4 nitrogen and oxygen atoms in total. The van der Waals surface area contributed by atoms with Gasteiger partial charge in [0.25, 0.3) is 0 Å². The van der Waals surface area contributed by atoms with Crippen molar-refractivity contribution in [1.82, 2.24) is 10.6 Å². The largest absolute Gasteiger partial charge is 0.393 e. The molecule has 0 saturated heterocycles. The van der Waals surface area contributed by atoms with Gasteiger partial charge in [0, 0.05) is 35.1 Å². The number of aliphatic hydroxyl groups excluding tert-OH is 1. The van der Waals surface area contributed by atoms with E-state index in [1.165, 1.54) is 0 Å². The van der Waals surface area contributed by atoms with Gasteiger partial charge in [0.2, 0.25) is 0 Å². The third kappa shape index (κ3) is 7.12. The molecule has 142 valence electrons. The Kier molecular flexibility index (Phi) is 10.5. The Balaban J connectivity index is 0.00000312. The fourth-order valence-electron chi connectivity index (χ4n) is 3.03. The van der Waals surface area contributed by atoms with Crippen LogP contribution in [0.3, 0.4) is 0 Å². The maximum absolute atomic E-state index is 9.62. The van der Waals surface area contributed by atoms with Crippen molar-refractivity contribution in [3.8, 4) is 0 Å². The van der Waals surface area contributed by atoms with E-state index in [1.54, 1.807) is 0 Å². The van der Waals surface area contributed by atoms with Crippen LogP contribution in [0.15, 0.2) is 23.2 Å². The highest BCUT2D eigenvalue weighted by molar-refractivity contribution is 14.0. The highest BCUT2D eigenvalue weighted by Crippen LogP contribution is 2.31. The van der Waals surface area contributed by atoms with Gasteiger partial charge in [-0.25, -0.2) is 0 Å². The minimum absolute atomic E-state index is 0. The van der Waals surface area contributed by atoms with Gasteiger partial charge >= 0.3 is 0 Å². The molecule has 0 amide bonds. The van der Waals surface area contributed by atoms with Crippen molar-refractivity contribution in [3.63, 3.8) is 0 Å². The van der Waals surface area contributed by atoms with Crippen molar-refractivity contribution in [3.05, 3.63) is 33.8 Å². The van der Waals surface area contributed by atoms with Crippen molar-refractivity contribution in [1.29, 1.82) is 0 Å². The Morgan fingerprint density at radius 2 is 1.84 bits per heavy atom. The molecular formula is C18H28Cl2IN3O. The minimum atomic E-state index is -0.148. The number of guanidine groups is 1. The predicted octanol–water partition coefficient (Wildman–Crippen LogP) is 4.57. The first-order chi connectivity index (χ1) is 11.5. The number of hydrogen-bond donors (Lipinski definition) is 3. The number of rotatable bonds is 5. The first-order valence-corrected chi connectivity index (χ1v) is 9.43. The molecule has 1 saturated carbocycles. The summed E-state index contributed by atoms with van der Waals surface area (Å²) in [5.74, 6) is 0.948. The number of nitrogens with zero attached hydrogens (tertiary/aromatic N) is 1. The molecule has 1 fully saturated rings. The monoisotopic (exact) mass is 499 g/mol. The normalized spacial score (nSPS) is 22.0. The van der Waals surface area contributed by atoms with Crippen LogP contribution in [0.5, 0.6) is 0 Å². The molecule has 0 radical (unpaired) electrons. The summed E-state index contributed by atoms with van der Waals surface area (Å²) in [5.41, 5.74) is 0.946. The summed E-state index contributed by atoms with van der Waals surface area (Å²) in [5, 5.41) is 17.8. The van der Waals surface area contributed by atoms with E-state index in [1.807, 2.05) is 18.2 Å². The molecule has 7 heteroatoms. The molecule has 1 aliphatic rings. The van der Waals surface area contributed by atoms with Crippen molar-refractivity contribution < 1.29 is 5.11 Å². The molecule has 0 aromatic heterocycles. The highest BCUT2D eigenvalue weighted by atomic mass is 127. The maximum Gasteiger partial charge on any atom is 0.191 e. The standard InChI is InChI=1S/C18H27Cl2N3O.HI/c1-3-21-18(23-13-7-9-14(24)10-8-13)22-11-12(2)17-15(19)5-4-6-16(17)20;/h4-6,12-14,24H,3,7-11H2,1-2H3,(H2,21,22,23);1H. The number of aliphatic imine (C=N–C) groups is 1. The second kappa shape index (κ2) is 11.5. The van der Waals surface area contributed by atoms with Gasteiger partial charge in [-0.2, -0.15) is 0 Å². The second-order valence-corrected chi connectivity index (χ2v) is 7.22. The zero-order valence-electron chi connectivity index (χ0n) is 14.8. The third-order valence-electron chi connectivity index (χ3n) is 4.40. The molecule has 0 aliphatic heterocycles. The average molecular weight is 500 g/mol. The number of nitrogens with one attached hydrogen (secondary N) is 2. The van der Waals surface area contributed by atoms with Crippen LogP contribution >= 0.6 is 47.2 Å². The molecule has 2 rings (SSSR count). The maximum atomic E-state index is 9.62. The van der Waals surface area contributed by atoms with Crippen molar-refractivity contribution in [2.24, 2.45) is 4.99 Å². The Hall–Kier alpha value is -0.240. The van der Waals surface area contributed by atoms with Gasteiger partial charge in [-0.05, 0) is 50.3 Å². The van der Waals surface area contributed by atoms with Gasteiger partial charge in [0.05, 0.1) is 6.10 Å². The Labute approximate surface area is 177 Å². The van der Waals surface area contributed by atoms with Gasteiger partial charge in [0.1, 0.15) is 0 Å². The van der Waals surface area contributed by atoms with Crippen LogP contribution in [0.4, 0.5) is 0 Å². The van der Waals surface area contributed by atoms with Gasteiger partial charge in [-0.1, -0.05) is 36.2 Å². The van der Waals surface area contributed by atoms with Gasteiger partial charge in [-0.15, -0.1) is 24.0 Å². The lowest BCUT2D eigenvalue weighted by molar-refractivity contribution is 0.120. The van der Waals surface area contributed by atoms with E-state index in [4.69, 9.17) is 28.2 Å². The van der Waals surface area contributed by atoms with Crippen molar-refractivity contribution in [2.75, 3.05) is 13.1 Å². The number of benzene rings is 1. The van der Waals surface area contributed by atoms with E-state index < -0.39 is 0 Å². The number of hydrogen-bond acceptors (Lipinski definition) is 2. The molecule has 3 N–H and O–H groups in total. The fraction of sp³-hybridized carbons (Fsp3) is 0.611. The lowest BCUT2D eigenvalue weighted by Gasteiger charge is -2.27. The Morgan fingerprint density at radius 3 is 2.40 bits per heavy atom. The minimum Gasteiger partial charge on any atom is -0.393 e. The number of aliphatic hydroxyl groups is 1. The zero-order chi connectivity index (χ0) is 17.5. The van der Waals surface area contributed by atoms with E-state index in [0.717, 1.165) is 43.8 Å². The van der Waals surface area contributed by atoms with E-state index >= 15 is 0 Å². The van der Waals surface area contributed by atoms with Crippen LogP contribution in [-0.4, -0.2) is 36.3 Å². The van der Waals surface area contributed by atoms with Crippen LogP contribution in [0.2, 0.25) is 10.0 Å². The molecule has 0 heterocycles. The quantitative estimate of drug-likeness (QED) is 0.316.